The number of hydrogen-bond donors (Lipinski definition) is 2. The van der Waals surface area contributed by atoms with Crippen LogP contribution in [0, 0.1) is 5.41 Å². The van der Waals surface area contributed by atoms with Crippen molar-refractivity contribution in [1.29, 1.82) is 0 Å². The smallest absolute Gasteiger partial charge is 0.302 e. The van der Waals surface area contributed by atoms with Crippen molar-refractivity contribution in [3.63, 3.8) is 0 Å². The molecule has 0 aliphatic carbocycles. The fourth-order valence-corrected chi connectivity index (χ4v) is 2.60. The molecule has 0 fully saturated rings. The molecule has 0 aliphatic heterocycles. The van der Waals surface area contributed by atoms with E-state index in [1.165, 1.54) is 6.92 Å². The first-order valence-corrected chi connectivity index (χ1v) is 8.81. The van der Waals surface area contributed by atoms with Gasteiger partial charge in [0.2, 0.25) is 5.91 Å². The zero-order chi connectivity index (χ0) is 19.0. The van der Waals surface area contributed by atoms with E-state index in [1.807, 2.05) is 20.8 Å². The SMILES string of the molecule is CCC(CC(O)CC(C)(C)C(=O)NCCC[N+](C)(C)C)OC(C)=O. The fraction of sp³-hybridized carbons (Fsp3) is 0.889. The van der Waals surface area contributed by atoms with Gasteiger partial charge in [-0.05, 0) is 12.8 Å². The van der Waals surface area contributed by atoms with Gasteiger partial charge in [0, 0.05) is 31.7 Å². The Bertz CT molecular complexity index is 402. The first-order chi connectivity index (χ1) is 10.9. The predicted molar refractivity (Wildman–Crippen MR) is 95.4 cm³/mol. The number of nitrogens with one attached hydrogen (secondary N) is 1. The molecule has 0 aromatic rings. The van der Waals surface area contributed by atoms with E-state index in [0.29, 0.717) is 25.8 Å². The molecule has 0 heterocycles. The number of aliphatic hydroxyl groups excluding tert-OH is 1. The second-order valence-corrected chi connectivity index (χ2v) is 8.24. The van der Waals surface area contributed by atoms with E-state index in [2.05, 4.69) is 26.5 Å². The predicted octanol–water partition coefficient (Wildman–Crippen LogP) is 1.71. The molecule has 6 heteroatoms. The summed E-state index contributed by atoms with van der Waals surface area (Å²) in [5, 5.41) is 13.2. The number of quaternary nitrogens is 1. The molecular formula is C18H37N2O4+. The molecular weight excluding hydrogens is 308 g/mol. The van der Waals surface area contributed by atoms with Gasteiger partial charge >= 0.3 is 5.97 Å². The third-order valence-electron chi connectivity index (χ3n) is 3.97. The van der Waals surface area contributed by atoms with Gasteiger partial charge in [-0.1, -0.05) is 20.8 Å². The van der Waals surface area contributed by atoms with Crippen LogP contribution in [-0.4, -0.2) is 67.9 Å². The molecule has 2 unspecified atom stereocenters. The Morgan fingerprint density at radius 1 is 1.25 bits per heavy atom. The molecule has 0 spiro atoms. The second kappa shape index (κ2) is 9.99. The number of hydrogen-bond acceptors (Lipinski definition) is 4. The third kappa shape index (κ3) is 10.6. The lowest BCUT2D eigenvalue weighted by Crippen LogP contribution is -2.42. The average molecular weight is 346 g/mol. The van der Waals surface area contributed by atoms with Crippen molar-refractivity contribution in [2.24, 2.45) is 5.41 Å². The van der Waals surface area contributed by atoms with Gasteiger partial charge in [-0.25, -0.2) is 0 Å². The first kappa shape index (κ1) is 22.9. The molecule has 0 aliphatic rings. The molecule has 24 heavy (non-hydrogen) atoms. The van der Waals surface area contributed by atoms with Crippen molar-refractivity contribution in [2.75, 3.05) is 34.2 Å². The Morgan fingerprint density at radius 3 is 2.29 bits per heavy atom. The molecule has 1 amide bonds. The lowest BCUT2D eigenvalue weighted by Gasteiger charge is -2.28. The van der Waals surface area contributed by atoms with Crippen LogP contribution in [0.3, 0.4) is 0 Å². The van der Waals surface area contributed by atoms with Crippen molar-refractivity contribution >= 4 is 11.9 Å². The number of esters is 1. The Hall–Kier alpha value is -1.14. The van der Waals surface area contributed by atoms with Crippen LogP contribution in [0.1, 0.15) is 53.4 Å². The van der Waals surface area contributed by atoms with Crippen molar-refractivity contribution in [2.45, 2.75) is 65.6 Å². The topological polar surface area (TPSA) is 75.6 Å². The van der Waals surface area contributed by atoms with Crippen LogP contribution in [0.25, 0.3) is 0 Å². The highest BCUT2D eigenvalue weighted by molar-refractivity contribution is 5.81. The molecule has 0 saturated carbocycles. The summed E-state index contributed by atoms with van der Waals surface area (Å²) >= 11 is 0. The zero-order valence-electron chi connectivity index (χ0n) is 16.5. The van der Waals surface area contributed by atoms with Crippen molar-refractivity contribution in [1.82, 2.24) is 5.32 Å². The summed E-state index contributed by atoms with van der Waals surface area (Å²) < 4.78 is 6.02. The molecule has 0 radical (unpaired) electrons. The van der Waals surface area contributed by atoms with Gasteiger partial charge in [0.25, 0.3) is 0 Å². The van der Waals surface area contributed by atoms with Crippen LogP contribution in [0.4, 0.5) is 0 Å². The summed E-state index contributed by atoms with van der Waals surface area (Å²) in [5.74, 6) is -0.396. The van der Waals surface area contributed by atoms with Crippen LogP contribution in [-0.2, 0) is 14.3 Å². The number of aliphatic hydroxyl groups is 1. The minimum Gasteiger partial charge on any atom is -0.462 e. The minimum absolute atomic E-state index is 0.0523. The van der Waals surface area contributed by atoms with E-state index in [4.69, 9.17) is 4.74 Å². The molecule has 142 valence electrons. The zero-order valence-corrected chi connectivity index (χ0v) is 16.5. The number of amides is 1. The van der Waals surface area contributed by atoms with Crippen molar-refractivity contribution in [3.05, 3.63) is 0 Å². The Kier molecular flexibility index (Phi) is 9.51. The van der Waals surface area contributed by atoms with Crippen LogP contribution in [0.5, 0.6) is 0 Å². The van der Waals surface area contributed by atoms with Gasteiger partial charge in [-0.15, -0.1) is 0 Å². The number of carbonyl (C=O) groups is 2. The molecule has 0 bridgehead atoms. The van der Waals surface area contributed by atoms with Crippen LogP contribution in [0.2, 0.25) is 0 Å². The van der Waals surface area contributed by atoms with E-state index < -0.39 is 11.5 Å². The molecule has 2 N–H and O–H groups in total. The molecule has 0 rings (SSSR count). The van der Waals surface area contributed by atoms with E-state index in [-0.39, 0.29) is 18.0 Å². The standard InChI is InChI=1S/C18H36N2O4/c1-8-16(24-14(2)21)12-15(22)13-18(3,4)17(23)19-10-9-11-20(5,6)7/h15-16,22H,8-13H2,1-7H3/p+1. The van der Waals surface area contributed by atoms with E-state index in [0.717, 1.165) is 17.4 Å². The highest BCUT2D eigenvalue weighted by Crippen LogP contribution is 2.25. The largest absolute Gasteiger partial charge is 0.462 e. The summed E-state index contributed by atoms with van der Waals surface area (Å²) in [6.07, 6.45) is 1.27. The highest BCUT2D eigenvalue weighted by Gasteiger charge is 2.31. The van der Waals surface area contributed by atoms with Crippen LogP contribution < -0.4 is 5.32 Å². The quantitative estimate of drug-likeness (QED) is 0.340. The Balaban J connectivity index is 4.33. The molecule has 6 nitrogen and oxygen atoms in total. The number of nitrogens with zero attached hydrogens (tertiary/aromatic N) is 1. The maximum absolute atomic E-state index is 12.3. The van der Waals surface area contributed by atoms with Gasteiger partial charge in [0.05, 0.1) is 33.8 Å². The monoisotopic (exact) mass is 345 g/mol. The molecule has 0 saturated heterocycles. The van der Waals surface area contributed by atoms with Crippen LogP contribution in [0.15, 0.2) is 0 Å². The van der Waals surface area contributed by atoms with Crippen molar-refractivity contribution < 1.29 is 23.9 Å². The van der Waals surface area contributed by atoms with Gasteiger partial charge in [0.15, 0.2) is 0 Å². The van der Waals surface area contributed by atoms with Gasteiger partial charge in [-0.2, -0.15) is 0 Å². The number of carbonyl (C=O) groups excluding carboxylic acids is 2. The van der Waals surface area contributed by atoms with E-state index in [9.17, 15) is 14.7 Å². The maximum Gasteiger partial charge on any atom is 0.302 e. The van der Waals surface area contributed by atoms with Crippen molar-refractivity contribution in [3.8, 4) is 0 Å². The Morgan fingerprint density at radius 2 is 1.83 bits per heavy atom. The highest BCUT2D eigenvalue weighted by atomic mass is 16.5. The molecule has 0 aromatic carbocycles. The van der Waals surface area contributed by atoms with Gasteiger partial charge < -0.3 is 19.6 Å². The normalized spacial score (nSPS) is 14.8. The Labute approximate surface area is 147 Å². The van der Waals surface area contributed by atoms with E-state index in [1.54, 1.807) is 0 Å². The third-order valence-corrected chi connectivity index (χ3v) is 3.97. The van der Waals surface area contributed by atoms with Gasteiger partial charge in [-0.3, -0.25) is 9.59 Å². The van der Waals surface area contributed by atoms with Gasteiger partial charge in [0.1, 0.15) is 6.10 Å². The fourth-order valence-electron chi connectivity index (χ4n) is 2.60. The summed E-state index contributed by atoms with van der Waals surface area (Å²) in [6.45, 7) is 8.56. The second-order valence-electron chi connectivity index (χ2n) is 8.24. The maximum atomic E-state index is 12.3. The molecule has 0 aromatic heterocycles. The van der Waals surface area contributed by atoms with Crippen LogP contribution >= 0.6 is 0 Å². The summed E-state index contributed by atoms with van der Waals surface area (Å²) in [4.78, 5) is 23.4. The minimum atomic E-state index is -0.679. The summed E-state index contributed by atoms with van der Waals surface area (Å²) in [7, 11) is 6.36. The average Bonchev–Trinajstić information content (AvgIpc) is 2.40. The first-order valence-electron chi connectivity index (χ1n) is 8.81. The summed E-state index contributed by atoms with van der Waals surface area (Å²) in [6, 6.07) is 0. The summed E-state index contributed by atoms with van der Waals surface area (Å²) in [5.41, 5.74) is -0.662. The number of rotatable bonds is 11. The van der Waals surface area contributed by atoms with E-state index >= 15 is 0 Å². The lowest BCUT2D eigenvalue weighted by molar-refractivity contribution is -0.870. The lowest BCUT2D eigenvalue weighted by atomic mass is 9.84. The number of ether oxygens (including phenoxy) is 1. The molecule has 2 atom stereocenters.